The molecule has 0 bridgehead atoms. The van der Waals surface area contributed by atoms with Crippen LogP contribution in [-0.4, -0.2) is 0 Å². The molecule has 0 fully saturated rings. The Morgan fingerprint density at radius 2 is 2.00 bits per heavy atom. The number of rotatable bonds is 4. The second-order valence-electron chi connectivity index (χ2n) is 3.85. The van der Waals surface area contributed by atoms with Crippen molar-refractivity contribution < 1.29 is 0 Å². The summed E-state index contributed by atoms with van der Waals surface area (Å²) >= 11 is 7.86. The van der Waals surface area contributed by atoms with Crippen LogP contribution < -0.4 is 0 Å². The van der Waals surface area contributed by atoms with Gasteiger partial charge in [-0.3, -0.25) is 0 Å². The minimum atomic E-state index is 0.846. The van der Waals surface area contributed by atoms with Crippen molar-refractivity contribution in [1.82, 2.24) is 0 Å². The highest BCUT2D eigenvalue weighted by Crippen LogP contribution is 2.20. The van der Waals surface area contributed by atoms with Crippen molar-refractivity contribution in [3.8, 4) is 0 Å². The molecule has 0 aliphatic carbocycles. The summed E-state index contributed by atoms with van der Waals surface area (Å²) in [6.45, 7) is 2.19. The maximum absolute atomic E-state index is 6.04. The summed E-state index contributed by atoms with van der Waals surface area (Å²) in [6.07, 6.45) is 3.28. The standard InChI is InChI=1S/C14H15ClS/c1-2-11-5-7-13(15)10-12(11)6-8-14-4-3-9-16-14/h3-5,7,9-10H,2,6,8H2,1H3. The van der Waals surface area contributed by atoms with Crippen molar-refractivity contribution in [3.05, 3.63) is 56.7 Å². The molecule has 0 amide bonds. The van der Waals surface area contributed by atoms with Crippen LogP contribution in [0.1, 0.15) is 22.9 Å². The van der Waals surface area contributed by atoms with Gasteiger partial charge in [-0.05, 0) is 54.0 Å². The molecule has 0 spiro atoms. The molecule has 1 aromatic carbocycles. The first-order valence-electron chi connectivity index (χ1n) is 5.59. The maximum atomic E-state index is 6.04. The van der Waals surface area contributed by atoms with Crippen LogP contribution in [0.2, 0.25) is 5.02 Å². The Morgan fingerprint density at radius 3 is 2.69 bits per heavy atom. The zero-order chi connectivity index (χ0) is 11.4. The average Bonchev–Trinajstić information content (AvgIpc) is 2.79. The Kier molecular flexibility index (Phi) is 4.03. The van der Waals surface area contributed by atoms with E-state index < -0.39 is 0 Å². The second-order valence-corrected chi connectivity index (χ2v) is 5.31. The minimum Gasteiger partial charge on any atom is -0.149 e. The van der Waals surface area contributed by atoms with Crippen molar-refractivity contribution >= 4 is 22.9 Å². The van der Waals surface area contributed by atoms with Crippen LogP contribution >= 0.6 is 22.9 Å². The molecule has 0 aliphatic heterocycles. The number of halogens is 1. The van der Waals surface area contributed by atoms with Gasteiger partial charge in [0.1, 0.15) is 0 Å². The van der Waals surface area contributed by atoms with Crippen LogP contribution in [0.5, 0.6) is 0 Å². The van der Waals surface area contributed by atoms with Gasteiger partial charge < -0.3 is 0 Å². The quantitative estimate of drug-likeness (QED) is 0.735. The summed E-state index contributed by atoms with van der Waals surface area (Å²) in [5.74, 6) is 0. The Hall–Kier alpha value is -0.790. The van der Waals surface area contributed by atoms with E-state index in [1.165, 1.54) is 16.0 Å². The van der Waals surface area contributed by atoms with Crippen molar-refractivity contribution in [2.75, 3.05) is 0 Å². The van der Waals surface area contributed by atoms with Crippen molar-refractivity contribution in [2.24, 2.45) is 0 Å². The number of hydrogen-bond acceptors (Lipinski definition) is 1. The van der Waals surface area contributed by atoms with Gasteiger partial charge in [0.15, 0.2) is 0 Å². The Morgan fingerprint density at radius 1 is 1.12 bits per heavy atom. The lowest BCUT2D eigenvalue weighted by molar-refractivity contribution is 0.946. The number of aryl methyl sites for hydroxylation is 3. The van der Waals surface area contributed by atoms with E-state index in [1.54, 1.807) is 0 Å². The second kappa shape index (κ2) is 5.51. The molecule has 0 atom stereocenters. The molecular weight excluding hydrogens is 236 g/mol. The topological polar surface area (TPSA) is 0 Å². The third kappa shape index (κ3) is 2.87. The van der Waals surface area contributed by atoms with Gasteiger partial charge in [0.05, 0.1) is 0 Å². The first-order chi connectivity index (χ1) is 7.79. The minimum absolute atomic E-state index is 0.846. The van der Waals surface area contributed by atoms with E-state index in [0.717, 1.165) is 24.3 Å². The van der Waals surface area contributed by atoms with E-state index in [-0.39, 0.29) is 0 Å². The summed E-state index contributed by atoms with van der Waals surface area (Å²) in [5, 5.41) is 2.98. The molecule has 0 aliphatic rings. The molecule has 2 aromatic rings. The lowest BCUT2D eigenvalue weighted by atomic mass is 10.0. The Bertz CT molecular complexity index is 446. The molecular formula is C14H15ClS. The van der Waals surface area contributed by atoms with Crippen LogP contribution in [-0.2, 0) is 19.3 Å². The van der Waals surface area contributed by atoms with Crippen LogP contribution in [0.3, 0.4) is 0 Å². The molecule has 0 nitrogen and oxygen atoms in total. The SMILES string of the molecule is CCc1ccc(Cl)cc1CCc1cccs1. The first kappa shape index (κ1) is 11.7. The monoisotopic (exact) mass is 250 g/mol. The van der Waals surface area contributed by atoms with Gasteiger partial charge in [0.2, 0.25) is 0 Å². The summed E-state index contributed by atoms with van der Waals surface area (Å²) in [6, 6.07) is 10.5. The van der Waals surface area contributed by atoms with Crippen LogP contribution in [0.4, 0.5) is 0 Å². The third-order valence-corrected chi connectivity index (χ3v) is 3.94. The summed E-state index contributed by atoms with van der Waals surface area (Å²) in [5.41, 5.74) is 2.81. The van der Waals surface area contributed by atoms with Gasteiger partial charge in [0, 0.05) is 9.90 Å². The molecule has 0 saturated carbocycles. The zero-order valence-corrected chi connectivity index (χ0v) is 10.9. The van der Waals surface area contributed by atoms with Crippen LogP contribution in [0.15, 0.2) is 35.7 Å². The number of benzene rings is 1. The largest absolute Gasteiger partial charge is 0.149 e. The van der Waals surface area contributed by atoms with Crippen LogP contribution in [0, 0.1) is 0 Å². The normalized spacial score (nSPS) is 10.6. The zero-order valence-electron chi connectivity index (χ0n) is 9.37. The fraction of sp³-hybridized carbons (Fsp3) is 0.286. The van der Waals surface area contributed by atoms with Gasteiger partial charge in [-0.25, -0.2) is 0 Å². The molecule has 2 heteroatoms. The Balaban J connectivity index is 2.11. The van der Waals surface area contributed by atoms with E-state index in [9.17, 15) is 0 Å². The fourth-order valence-corrected chi connectivity index (χ4v) is 2.79. The van der Waals surface area contributed by atoms with E-state index >= 15 is 0 Å². The van der Waals surface area contributed by atoms with Gasteiger partial charge in [-0.1, -0.05) is 30.7 Å². The summed E-state index contributed by atoms with van der Waals surface area (Å²) in [4.78, 5) is 1.45. The molecule has 0 radical (unpaired) electrons. The number of hydrogen-bond donors (Lipinski definition) is 0. The predicted molar refractivity (Wildman–Crippen MR) is 72.6 cm³/mol. The lowest BCUT2D eigenvalue weighted by Gasteiger charge is -2.07. The highest BCUT2D eigenvalue weighted by molar-refractivity contribution is 7.09. The smallest absolute Gasteiger partial charge is 0.0408 e. The fourth-order valence-electron chi connectivity index (χ4n) is 1.88. The molecule has 1 heterocycles. The summed E-state index contributed by atoms with van der Waals surface area (Å²) < 4.78 is 0. The highest BCUT2D eigenvalue weighted by atomic mass is 35.5. The molecule has 16 heavy (non-hydrogen) atoms. The predicted octanol–water partition coefficient (Wildman–Crippen LogP) is 4.75. The average molecular weight is 251 g/mol. The maximum Gasteiger partial charge on any atom is 0.0408 e. The van der Waals surface area contributed by atoms with E-state index in [0.29, 0.717) is 0 Å². The van der Waals surface area contributed by atoms with E-state index in [2.05, 4.69) is 36.6 Å². The molecule has 0 saturated heterocycles. The van der Waals surface area contributed by atoms with E-state index in [1.807, 2.05) is 17.4 Å². The van der Waals surface area contributed by atoms with Gasteiger partial charge in [-0.15, -0.1) is 11.3 Å². The van der Waals surface area contributed by atoms with Crippen molar-refractivity contribution in [3.63, 3.8) is 0 Å². The first-order valence-corrected chi connectivity index (χ1v) is 6.85. The van der Waals surface area contributed by atoms with Crippen molar-refractivity contribution in [1.29, 1.82) is 0 Å². The van der Waals surface area contributed by atoms with Crippen LogP contribution in [0.25, 0.3) is 0 Å². The van der Waals surface area contributed by atoms with E-state index in [4.69, 9.17) is 11.6 Å². The molecule has 0 N–H and O–H groups in total. The van der Waals surface area contributed by atoms with Crippen molar-refractivity contribution in [2.45, 2.75) is 26.2 Å². The molecule has 0 unspecified atom stereocenters. The molecule has 1 aromatic heterocycles. The summed E-state index contributed by atoms with van der Waals surface area (Å²) in [7, 11) is 0. The lowest BCUT2D eigenvalue weighted by Crippen LogP contribution is -1.95. The number of thiophene rings is 1. The molecule has 2 rings (SSSR count). The third-order valence-electron chi connectivity index (χ3n) is 2.77. The van der Waals surface area contributed by atoms with Gasteiger partial charge >= 0.3 is 0 Å². The van der Waals surface area contributed by atoms with Gasteiger partial charge in [0.25, 0.3) is 0 Å². The Labute approximate surface area is 106 Å². The van der Waals surface area contributed by atoms with Gasteiger partial charge in [-0.2, -0.15) is 0 Å². The highest BCUT2D eigenvalue weighted by Gasteiger charge is 2.03. The molecule has 84 valence electrons.